The molecular formula is C20H24N4O2. The molecule has 2 aromatic carbocycles. The summed E-state index contributed by atoms with van der Waals surface area (Å²) in [6.07, 6.45) is 1.64. The number of carbonyl (C=O) groups excluding carboxylic acids is 1. The average molecular weight is 352 g/mol. The summed E-state index contributed by atoms with van der Waals surface area (Å²) >= 11 is 0. The molecule has 1 heterocycles. The van der Waals surface area contributed by atoms with E-state index < -0.39 is 0 Å². The van der Waals surface area contributed by atoms with Crippen LogP contribution in [-0.2, 0) is 13.0 Å². The van der Waals surface area contributed by atoms with E-state index >= 15 is 0 Å². The lowest BCUT2D eigenvalue weighted by Crippen LogP contribution is -2.37. The van der Waals surface area contributed by atoms with E-state index in [0.29, 0.717) is 13.1 Å². The van der Waals surface area contributed by atoms with Crippen LogP contribution in [0.1, 0.15) is 17.8 Å². The molecular weight excluding hydrogens is 328 g/mol. The van der Waals surface area contributed by atoms with Gasteiger partial charge in [-0.15, -0.1) is 0 Å². The molecule has 6 heteroatoms. The maximum atomic E-state index is 12.2. The number of carbonyl (C=O) groups is 1. The van der Waals surface area contributed by atoms with Crippen LogP contribution >= 0.6 is 0 Å². The highest BCUT2D eigenvalue weighted by Gasteiger charge is 2.09. The van der Waals surface area contributed by atoms with E-state index in [4.69, 9.17) is 4.74 Å². The first-order valence-corrected chi connectivity index (χ1v) is 8.71. The standard InChI is InChI=1S/C20H24N4O2/c1-24(14-15-9-11-16(26-2)12-10-15)20(25)21-13-5-8-19-22-17-6-3-4-7-18(17)23-19/h3-4,6-7,9-12H,5,8,13-14H2,1-2H3,(H,21,25)(H,22,23). The van der Waals surface area contributed by atoms with Gasteiger partial charge in [-0.25, -0.2) is 9.78 Å². The molecule has 0 saturated carbocycles. The van der Waals surface area contributed by atoms with Crippen molar-refractivity contribution in [2.24, 2.45) is 0 Å². The van der Waals surface area contributed by atoms with E-state index in [0.717, 1.165) is 41.0 Å². The summed E-state index contributed by atoms with van der Waals surface area (Å²) in [5, 5.41) is 2.95. The maximum Gasteiger partial charge on any atom is 0.317 e. The van der Waals surface area contributed by atoms with E-state index in [1.54, 1.807) is 19.1 Å². The molecule has 136 valence electrons. The second kappa shape index (κ2) is 8.38. The summed E-state index contributed by atoms with van der Waals surface area (Å²) < 4.78 is 5.14. The van der Waals surface area contributed by atoms with Gasteiger partial charge in [-0.05, 0) is 36.2 Å². The quantitative estimate of drug-likeness (QED) is 0.641. The number of aromatic nitrogens is 2. The zero-order valence-corrected chi connectivity index (χ0v) is 15.2. The fraction of sp³-hybridized carbons (Fsp3) is 0.300. The molecule has 0 atom stereocenters. The van der Waals surface area contributed by atoms with Gasteiger partial charge in [-0.1, -0.05) is 24.3 Å². The van der Waals surface area contributed by atoms with Crippen molar-refractivity contribution >= 4 is 17.1 Å². The highest BCUT2D eigenvalue weighted by molar-refractivity contribution is 5.75. The van der Waals surface area contributed by atoms with Gasteiger partial charge in [-0.3, -0.25) is 0 Å². The van der Waals surface area contributed by atoms with Gasteiger partial charge < -0.3 is 19.9 Å². The Morgan fingerprint density at radius 3 is 2.69 bits per heavy atom. The predicted octanol–water partition coefficient (Wildman–Crippen LogP) is 3.35. The van der Waals surface area contributed by atoms with Gasteiger partial charge in [0.15, 0.2) is 0 Å². The number of benzene rings is 2. The molecule has 0 aliphatic carbocycles. The largest absolute Gasteiger partial charge is 0.497 e. The third-order valence-corrected chi connectivity index (χ3v) is 4.23. The second-order valence-corrected chi connectivity index (χ2v) is 6.24. The van der Waals surface area contributed by atoms with Gasteiger partial charge in [0, 0.05) is 26.6 Å². The summed E-state index contributed by atoms with van der Waals surface area (Å²) in [5.74, 6) is 1.76. The Morgan fingerprint density at radius 1 is 1.19 bits per heavy atom. The lowest BCUT2D eigenvalue weighted by atomic mass is 10.2. The fourth-order valence-corrected chi connectivity index (χ4v) is 2.79. The number of nitrogens with one attached hydrogen (secondary N) is 2. The van der Waals surface area contributed by atoms with E-state index in [1.807, 2.05) is 48.5 Å². The third kappa shape index (κ3) is 4.53. The number of hydrogen-bond acceptors (Lipinski definition) is 3. The van der Waals surface area contributed by atoms with Crippen molar-refractivity contribution < 1.29 is 9.53 Å². The molecule has 0 radical (unpaired) electrons. The highest BCUT2D eigenvalue weighted by atomic mass is 16.5. The molecule has 0 aliphatic heterocycles. The van der Waals surface area contributed by atoms with E-state index in [1.165, 1.54) is 0 Å². The van der Waals surface area contributed by atoms with Gasteiger partial charge >= 0.3 is 6.03 Å². The normalized spacial score (nSPS) is 10.7. The number of urea groups is 1. The molecule has 26 heavy (non-hydrogen) atoms. The average Bonchev–Trinajstić information content (AvgIpc) is 3.08. The van der Waals surface area contributed by atoms with Crippen LogP contribution in [-0.4, -0.2) is 41.6 Å². The smallest absolute Gasteiger partial charge is 0.317 e. The summed E-state index contributed by atoms with van der Waals surface area (Å²) in [6.45, 7) is 1.17. The van der Waals surface area contributed by atoms with Gasteiger partial charge in [0.1, 0.15) is 11.6 Å². The summed E-state index contributed by atoms with van der Waals surface area (Å²) in [6, 6.07) is 15.6. The minimum Gasteiger partial charge on any atom is -0.497 e. The zero-order valence-electron chi connectivity index (χ0n) is 15.2. The first kappa shape index (κ1) is 17.8. The highest BCUT2D eigenvalue weighted by Crippen LogP contribution is 2.13. The molecule has 0 aliphatic rings. The SMILES string of the molecule is COc1ccc(CN(C)C(=O)NCCCc2nc3ccccc3[nH]2)cc1. The van der Waals surface area contributed by atoms with Crippen LogP contribution in [0.4, 0.5) is 4.79 Å². The van der Waals surface area contributed by atoms with Crippen molar-refractivity contribution in [1.82, 2.24) is 20.2 Å². The Bertz CT molecular complexity index is 825. The zero-order chi connectivity index (χ0) is 18.4. The minimum atomic E-state index is -0.0783. The minimum absolute atomic E-state index is 0.0783. The number of ether oxygens (including phenoxy) is 1. The van der Waals surface area contributed by atoms with Crippen LogP contribution in [0.5, 0.6) is 5.75 Å². The van der Waals surface area contributed by atoms with Crippen LogP contribution in [0.25, 0.3) is 11.0 Å². The van der Waals surface area contributed by atoms with Crippen LogP contribution in [0.3, 0.4) is 0 Å². The Balaban J connectivity index is 1.41. The van der Waals surface area contributed by atoms with Crippen LogP contribution in [0, 0.1) is 0 Å². The number of imidazole rings is 1. The van der Waals surface area contributed by atoms with Crippen molar-refractivity contribution in [2.75, 3.05) is 20.7 Å². The number of nitrogens with zero attached hydrogens (tertiary/aromatic N) is 2. The number of aromatic amines is 1. The van der Waals surface area contributed by atoms with Crippen LogP contribution in [0.2, 0.25) is 0 Å². The number of rotatable bonds is 7. The molecule has 2 N–H and O–H groups in total. The molecule has 0 fully saturated rings. The number of amides is 2. The topological polar surface area (TPSA) is 70.2 Å². The number of methoxy groups -OCH3 is 1. The van der Waals surface area contributed by atoms with E-state index in [2.05, 4.69) is 15.3 Å². The molecule has 0 bridgehead atoms. The molecule has 0 spiro atoms. The molecule has 0 unspecified atom stereocenters. The van der Waals surface area contributed by atoms with E-state index in [-0.39, 0.29) is 6.03 Å². The second-order valence-electron chi connectivity index (χ2n) is 6.24. The molecule has 1 aromatic heterocycles. The monoisotopic (exact) mass is 352 g/mol. The molecule has 3 aromatic rings. The van der Waals surface area contributed by atoms with Gasteiger partial charge in [0.25, 0.3) is 0 Å². The maximum absolute atomic E-state index is 12.2. The molecule has 0 saturated heterocycles. The Kier molecular flexibility index (Phi) is 5.73. The van der Waals surface area contributed by atoms with Crippen molar-refractivity contribution in [2.45, 2.75) is 19.4 Å². The van der Waals surface area contributed by atoms with Crippen LogP contribution < -0.4 is 10.1 Å². The van der Waals surface area contributed by atoms with Crippen molar-refractivity contribution in [3.63, 3.8) is 0 Å². The lowest BCUT2D eigenvalue weighted by molar-refractivity contribution is 0.207. The fourth-order valence-electron chi connectivity index (χ4n) is 2.79. The Morgan fingerprint density at radius 2 is 1.96 bits per heavy atom. The number of fused-ring (bicyclic) bond motifs is 1. The molecule has 2 amide bonds. The van der Waals surface area contributed by atoms with Gasteiger partial charge in [0.2, 0.25) is 0 Å². The number of hydrogen-bond donors (Lipinski definition) is 2. The predicted molar refractivity (Wildman–Crippen MR) is 102 cm³/mol. The van der Waals surface area contributed by atoms with Gasteiger partial charge in [-0.2, -0.15) is 0 Å². The Labute approximate surface area is 153 Å². The first-order chi connectivity index (χ1) is 12.7. The molecule has 6 nitrogen and oxygen atoms in total. The number of para-hydroxylation sites is 2. The third-order valence-electron chi connectivity index (χ3n) is 4.23. The lowest BCUT2D eigenvalue weighted by Gasteiger charge is -2.18. The summed E-state index contributed by atoms with van der Waals surface area (Å²) in [7, 11) is 3.43. The Hall–Kier alpha value is -3.02. The van der Waals surface area contributed by atoms with Crippen molar-refractivity contribution in [3.05, 3.63) is 59.9 Å². The number of aryl methyl sites for hydroxylation is 1. The van der Waals surface area contributed by atoms with E-state index in [9.17, 15) is 4.79 Å². The first-order valence-electron chi connectivity index (χ1n) is 8.71. The summed E-state index contributed by atoms with van der Waals surface area (Å²) in [4.78, 5) is 21.7. The molecule has 3 rings (SSSR count). The number of H-pyrrole nitrogens is 1. The van der Waals surface area contributed by atoms with Crippen molar-refractivity contribution in [3.8, 4) is 5.75 Å². The van der Waals surface area contributed by atoms with Crippen LogP contribution in [0.15, 0.2) is 48.5 Å². The van der Waals surface area contributed by atoms with Gasteiger partial charge in [0.05, 0.1) is 18.1 Å². The summed E-state index contributed by atoms with van der Waals surface area (Å²) in [5.41, 5.74) is 3.09. The van der Waals surface area contributed by atoms with Crippen molar-refractivity contribution in [1.29, 1.82) is 0 Å².